The van der Waals surface area contributed by atoms with Crippen LogP contribution in [-0.4, -0.2) is 40.3 Å². The first-order valence-corrected chi connectivity index (χ1v) is 7.82. The molecule has 3 N–H and O–H groups in total. The smallest absolute Gasteiger partial charge is 0.274 e. The van der Waals surface area contributed by atoms with Gasteiger partial charge in [-0.2, -0.15) is 0 Å². The third-order valence-corrected chi connectivity index (χ3v) is 4.87. The first kappa shape index (κ1) is 16.2. The average molecular weight is 331 g/mol. The third kappa shape index (κ3) is 3.20. The molecule has 1 saturated heterocycles. The van der Waals surface area contributed by atoms with E-state index in [4.69, 9.17) is 5.73 Å². The van der Waals surface area contributed by atoms with Crippen LogP contribution >= 0.6 is 23.7 Å². The third-order valence-electron chi connectivity index (χ3n) is 4.00. The highest BCUT2D eigenvalue weighted by atomic mass is 35.5. The highest BCUT2D eigenvalue weighted by Gasteiger charge is 2.39. The van der Waals surface area contributed by atoms with E-state index in [1.54, 1.807) is 10.3 Å². The van der Waals surface area contributed by atoms with Crippen molar-refractivity contribution < 1.29 is 9.59 Å². The molecule has 0 spiro atoms. The summed E-state index contributed by atoms with van der Waals surface area (Å²) in [6, 6.07) is 0.207. The predicted octanol–water partition coefficient (Wildman–Crippen LogP) is 0.907. The highest BCUT2D eigenvalue weighted by Crippen LogP contribution is 2.27. The van der Waals surface area contributed by atoms with E-state index >= 15 is 0 Å². The van der Waals surface area contributed by atoms with Crippen molar-refractivity contribution in [3.05, 3.63) is 16.1 Å². The Morgan fingerprint density at radius 1 is 1.48 bits per heavy atom. The highest BCUT2D eigenvalue weighted by molar-refractivity contribution is 7.09. The van der Waals surface area contributed by atoms with Crippen molar-refractivity contribution in [2.24, 2.45) is 5.73 Å². The molecule has 0 aromatic carbocycles. The maximum Gasteiger partial charge on any atom is 0.274 e. The molecule has 2 heterocycles. The Morgan fingerprint density at radius 2 is 2.24 bits per heavy atom. The normalized spacial score (nSPS) is 24.8. The van der Waals surface area contributed by atoms with E-state index in [1.165, 1.54) is 11.3 Å². The number of fused-ring (bicyclic) bond motifs is 1. The van der Waals surface area contributed by atoms with Crippen molar-refractivity contribution in [3.63, 3.8) is 0 Å². The van der Waals surface area contributed by atoms with Crippen LogP contribution in [0.2, 0.25) is 0 Å². The topological polar surface area (TPSA) is 88.3 Å². The summed E-state index contributed by atoms with van der Waals surface area (Å²) in [5.41, 5.74) is 5.94. The largest absolute Gasteiger partial charge is 0.350 e. The second-order valence-electron chi connectivity index (χ2n) is 5.29. The van der Waals surface area contributed by atoms with Gasteiger partial charge in [0, 0.05) is 18.0 Å². The number of hydrogen-bond acceptors (Lipinski definition) is 5. The number of carbonyl (C=O) groups is 2. The standard InChI is InChI=1S/C13H18N4O2S.ClH/c14-5-12-16-9(7-20-12)13(19)17-6-11(18)15-8-3-1-2-4-10(8)17;/h7-8,10H,1-6,14H2,(H,15,18);1H. The Bertz CT molecular complexity index is 536. The Kier molecular flexibility index (Phi) is 5.18. The molecule has 116 valence electrons. The molecule has 1 aliphatic carbocycles. The fourth-order valence-corrected chi connectivity index (χ4v) is 3.70. The number of nitrogens with zero attached hydrogens (tertiary/aromatic N) is 2. The Balaban J connectivity index is 0.00000161. The second-order valence-corrected chi connectivity index (χ2v) is 6.23. The number of aromatic nitrogens is 1. The van der Waals surface area contributed by atoms with E-state index in [2.05, 4.69) is 10.3 Å². The summed E-state index contributed by atoms with van der Waals surface area (Å²) in [7, 11) is 0. The van der Waals surface area contributed by atoms with Crippen LogP contribution < -0.4 is 11.1 Å². The molecule has 3 rings (SSSR count). The molecule has 2 atom stereocenters. The lowest BCUT2D eigenvalue weighted by molar-refractivity contribution is -0.127. The van der Waals surface area contributed by atoms with Crippen molar-refractivity contribution >= 4 is 35.6 Å². The van der Waals surface area contributed by atoms with Gasteiger partial charge < -0.3 is 16.0 Å². The van der Waals surface area contributed by atoms with Gasteiger partial charge in [0.15, 0.2) is 0 Å². The van der Waals surface area contributed by atoms with Gasteiger partial charge >= 0.3 is 0 Å². The predicted molar refractivity (Wildman–Crippen MR) is 82.5 cm³/mol. The van der Waals surface area contributed by atoms with Crippen LogP contribution in [0.5, 0.6) is 0 Å². The minimum Gasteiger partial charge on any atom is -0.350 e. The number of rotatable bonds is 2. The summed E-state index contributed by atoms with van der Waals surface area (Å²) in [5, 5.41) is 5.48. The molecule has 8 heteroatoms. The lowest BCUT2D eigenvalue weighted by atomic mass is 9.87. The first-order chi connectivity index (χ1) is 9.69. The molecule has 2 unspecified atom stereocenters. The van der Waals surface area contributed by atoms with Crippen LogP contribution in [-0.2, 0) is 11.3 Å². The van der Waals surface area contributed by atoms with Gasteiger partial charge in [0.2, 0.25) is 5.91 Å². The molecule has 1 aliphatic heterocycles. The zero-order valence-electron chi connectivity index (χ0n) is 11.6. The number of halogens is 1. The molecule has 2 aliphatic rings. The van der Waals surface area contributed by atoms with Gasteiger partial charge in [0.05, 0.1) is 6.04 Å². The van der Waals surface area contributed by atoms with Crippen LogP contribution in [0.1, 0.15) is 41.2 Å². The van der Waals surface area contributed by atoms with Gasteiger partial charge in [-0.05, 0) is 12.8 Å². The Morgan fingerprint density at radius 3 is 2.95 bits per heavy atom. The molecule has 1 aromatic rings. The Labute approximate surface area is 133 Å². The summed E-state index contributed by atoms with van der Waals surface area (Å²) in [4.78, 5) is 30.3. The Hall–Kier alpha value is -1.18. The van der Waals surface area contributed by atoms with Gasteiger partial charge in [-0.1, -0.05) is 12.8 Å². The lowest BCUT2D eigenvalue weighted by Gasteiger charge is -2.43. The van der Waals surface area contributed by atoms with Crippen LogP contribution in [0.15, 0.2) is 5.38 Å². The molecule has 1 saturated carbocycles. The summed E-state index contributed by atoms with van der Waals surface area (Å²) < 4.78 is 0. The molecular weight excluding hydrogens is 312 g/mol. The van der Waals surface area contributed by atoms with Crippen molar-refractivity contribution in [1.82, 2.24) is 15.2 Å². The maximum atomic E-state index is 12.6. The molecule has 6 nitrogen and oxygen atoms in total. The molecular formula is C13H19ClN4O2S. The van der Waals surface area contributed by atoms with Crippen molar-refractivity contribution in [3.8, 4) is 0 Å². The fourth-order valence-electron chi connectivity index (χ4n) is 3.05. The van der Waals surface area contributed by atoms with Gasteiger partial charge in [-0.3, -0.25) is 9.59 Å². The van der Waals surface area contributed by atoms with Crippen LogP contribution in [0, 0.1) is 0 Å². The number of nitrogens with two attached hydrogens (primary N) is 1. The SMILES string of the molecule is Cl.NCc1nc(C(=O)N2CC(=O)NC3CCCCC32)cs1. The number of amides is 2. The van der Waals surface area contributed by atoms with Crippen LogP contribution in [0.3, 0.4) is 0 Å². The van der Waals surface area contributed by atoms with E-state index in [-0.39, 0.29) is 42.8 Å². The monoisotopic (exact) mass is 330 g/mol. The van der Waals surface area contributed by atoms with E-state index in [9.17, 15) is 9.59 Å². The van der Waals surface area contributed by atoms with Gasteiger partial charge in [0.25, 0.3) is 5.91 Å². The summed E-state index contributed by atoms with van der Waals surface area (Å²) in [6.07, 6.45) is 4.11. The maximum absolute atomic E-state index is 12.6. The fraction of sp³-hybridized carbons (Fsp3) is 0.615. The van der Waals surface area contributed by atoms with Gasteiger partial charge in [0.1, 0.15) is 17.2 Å². The molecule has 2 fully saturated rings. The van der Waals surface area contributed by atoms with E-state index in [0.717, 1.165) is 30.7 Å². The molecule has 2 amide bonds. The summed E-state index contributed by atoms with van der Waals surface area (Å²) >= 11 is 1.39. The zero-order chi connectivity index (χ0) is 14.1. The molecule has 0 radical (unpaired) electrons. The number of carbonyl (C=O) groups excluding carboxylic acids is 2. The van der Waals surface area contributed by atoms with Crippen LogP contribution in [0.25, 0.3) is 0 Å². The van der Waals surface area contributed by atoms with Gasteiger partial charge in [-0.15, -0.1) is 23.7 Å². The quantitative estimate of drug-likeness (QED) is 0.843. The minimum absolute atomic E-state index is 0. The summed E-state index contributed by atoms with van der Waals surface area (Å²) in [5.74, 6) is -0.219. The first-order valence-electron chi connectivity index (χ1n) is 6.94. The van der Waals surface area contributed by atoms with Crippen molar-refractivity contribution in [2.45, 2.75) is 44.3 Å². The number of piperazine rings is 1. The lowest BCUT2D eigenvalue weighted by Crippen LogP contribution is -2.62. The van der Waals surface area contributed by atoms with Crippen LogP contribution in [0.4, 0.5) is 0 Å². The molecule has 0 bridgehead atoms. The van der Waals surface area contributed by atoms with E-state index in [1.807, 2.05) is 0 Å². The summed E-state index contributed by atoms with van der Waals surface area (Å²) in [6.45, 7) is 0.472. The second kappa shape index (κ2) is 6.72. The van der Waals surface area contributed by atoms with E-state index in [0.29, 0.717) is 12.2 Å². The number of nitrogens with one attached hydrogen (secondary N) is 1. The van der Waals surface area contributed by atoms with Crippen molar-refractivity contribution in [1.29, 1.82) is 0 Å². The molecule has 21 heavy (non-hydrogen) atoms. The molecule has 1 aromatic heterocycles. The van der Waals surface area contributed by atoms with Gasteiger partial charge in [-0.25, -0.2) is 4.98 Å². The average Bonchev–Trinajstić information content (AvgIpc) is 2.94. The number of hydrogen-bond donors (Lipinski definition) is 2. The zero-order valence-corrected chi connectivity index (χ0v) is 13.2. The number of thiazole rings is 1. The van der Waals surface area contributed by atoms with Crippen molar-refractivity contribution in [2.75, 3.05) is 6.54 Å². The minimum atomic E-state index is -0.146. The van der Waals surface area contributed by atoms with E-state index < -0.39 is 0 Å².